The molecule has 1 saturated heterocycles. The van der Waals surface area contributed by atoms with Crippen LogP contribution in [0.5, 0.6) is 0 Å². The summed E-state index contributed by atoms with van der Waals surface area (Å²) in [5.74, 6) is 0.474. The van der Waals surface area contributed by atoms with Crippen molar-refractivity contribution in [2.24, 2.45) is 0 Å². The SMILES string of the molecule is O=C(c1cccc(Cl)c1)N1CCCC(c2nn(-c3cccc(Cl)c3)c(=O)[nH]2)C1. The molecule has 4 rings (SSSR count). The molecule has 8 heteroatoms. The van der Waals surface area contributed by atoms with Gasteiger partial charge in [0.2, 0.25) is 0 Å². The minimum atomic E-state index is -0.324. The molecule has 1 fully saturated rings. The summed E-state index contributed by atoms with van der Waals surface area (Å²) in [6, 6.07) is 13.9. The van der Waals surface area contributed by atoms with Crippen molar-refractivity contribution in [1.82, 2.24) is 19.7 Å². The zero-order chi connectivity index (χ0) is 19.7. The first kappa shape index (κ1) is 18.8. The molecule has 1 amide bonds. The van der Waals surface area contributed by atoms with Gasteiger partial charge in [0.05, 0.1) is 5.69 Å². The van der Waals surface area contributed by atoms with Crippen LogP contribution in [0, 0.1) is 0 Å². The van der Waals surface area contributed by atoms with Crippen molar-refractivity contribution in [2.75, 3.05) is 13.1 Å². The van der Waals surface area contributed by atoms with Gasteiger partial charge in [0.25, 0.3) is 5.91 Å². The fraction of sp³-hybridized carbons (Fsp3) is 0.250. The van der Waals surface area contributed by atoms with Crippen LogP contribution in [0.4, 0.5) is 0 Å². The van der Waals surface area contributed by atoms with Crippen LogP contribution in [-0.4, -0.2) is 38.7 Å². The summed E-state index contributed by atoms with van der Waals surface area (Å²) in [6.45, 7) is 1.16. The van der Waals surface area contributed by atoms with Gasteiger partial charge in [-0.1, -0.05) is 35.3 Å². The number of piperidine rings is 1. The highest BCUT2D eigenvalue weighted by atomic mass is 35.5. The van der Waals surface area contributed by atoms with Gasteiger partial charge in [0.1, 0.15) is 5.82 Å². The molecule has 0 spiro atoms. The molecule has 0 aliphatic carbocycles. The maximum absolute atomic E-state index is 12.8. The molecule has 6 nitrogen and oxygen atoms in total. The van der Waals surface area contributed by atoms with Gasteiger partial charge in [0.15, 0.2) is 0 Å². The Kier molecular flexibility index (Phi) is 5.24. The maximum atomic E-state index is 12.8. The lowest BCUT2D eigenvalue weighted by Gasteiger charge is -2.31. The Hall–Kier alpha value is -2.57. The van der Waals surface area contributed by atoms with E-state index in [4.69, 9.17) is 23.2 Å². The largest absolute Gasteiger partial charge is 0.348 e. The highest BCUT2D eigenvalue weighted by molar-refractivity contribution is 6.31. The number of carbonyl (C=O) groups excluding carboxylic acids is 1. The van der Waals surface area contributed by atoms with Crippen LogP contribution in [0.25, 0.3) is 5.69 Å². The fourth-order valence-corrected chi connectivity index (χ4v) is 3.87. The van der Waals surface area contributed by atoms with Gasteiger partial charge >= 0.3 is 5.69 Å². The molecule has 2 heterocycles. The minimum absolute atomic E-state index is 0.0370. The summed E-state index contributed by atoms with van der Waals surface area (Å²) in [4.78, 5) is 29.8. The molecule has 144 valence electrons. The predicted octanol–water partition coefficient (Wildman–Crippen LogP) is 3.89. The molecule has 2 aromatic carbocycles. The monoisotopic (exact) mass is 416 g/mol. The molecular weight excluding hydrogens is 399 g/mol. The number of nitrogens with one attached hydrogen (secondary N) is 1. The van der Waals surface area contributed by atoms with Gasteiger partial charge in [-0.15, -0.1) is 5.10 Å². The lowest BCUT2D eigenvalue weighted by atomic mass is 9.97. The molecule has 1 atom stereocenters. The molecule has 0 saturated carbocycles. The standard InChI is InChI=1S/C20H18Cl2N4O2/c21-15-6-1-4-13(10-15)19(27)25-9-3-5-14(12-25)18-23-20(28)26(24-18)17-8-2-7-16(22)11-17/h1-2,4,6-8,10-11,14H,3,5,9,12H2,(H,23,24,28). The third kappa shape index (κ3) is 3.84. The van der Waals surface area contributed by atoms with E-state index in [1.165, 1.54) is 4.68 Å². The van der Waals surface area contributed by atoms with E-state index in [9.17, 15) is 9.59 Å². The summed E-state index contributed by atoms with van der Waals surface area (Å²) in [7, 11) is 0. The number of nitrogens with zero attached hydrogens (tertiary/aromatic N) is 3. The Morgan fingerprint density at radius 2 is 1.86 bits per heavy atom. The van der Waals surface area contributed by atoms with Crippen LogP contribution in [-0.2, 0) is 0 Å². The Labute approximate surface area is 171 Å². The normalized spacial score (nSPS) is 16.9. The van der Waals surface area contributed by atoms with E-state index in [1.807, 2.05) is 0 Å². The van der Waals surface area contributed by atoms with E-state index < -0.39 is 0 Å². The second kappa shape index (κ2) is 7.81. The number of hydrogen-bond donors (Lipinski definition) is 1. The van der Waals surface area contributed by atoms with Gasteiger partial charge in [0, 0.05) is 34.6 Å². The van der Waals surface area contributed by atoms with Gasteiger partial charge in [-0.2, -0.15) is 4.68 Å². The van der Waals surface area contributed by atoms with Crippen LogP contribution in [0.15, 0.2) is 53.3 Å². The van der Waals surface area contributed by atoms with E-state index in [0.717, 1.165) is 12.8 Å². The second-order valence-electron chi connectivity index (χ2n) is 6.81. The molecule has 1 unspecified atom stereocenters. The highest BCUT2D eigenvalue weighted by Gasteiger charge is 2.28. The topological polar surface area (TPSA) is 71.0 Å². The third-order valence-corrected chi connectivity index (χ3v) is 5.32. The molecule has 1 N–H and O–H groups in total. The average molecular weight is 417 g/mol. The van der Waals surface area contributed by atoms with Crippen LogP contribution in [0.1, 0.15) is 34.9 Å². The van der Waals surface area contributed by atoms with Crippen molar-refractivity contribution in [3.8, 4) is 5.69 Å². The highest BCUT2D eigenvalue weighted by Crippen LogP contribution is 2.26. The zero-order valence-corrected chi connectivity index (χ0v) is 16.5. The number of benzene rings is 2. The summed E-state index contributed by atoms with van der Waals surface area (Å²) in [5.41, 5.74) is 0.837. The second-order valence-corrected chi connectivity index (χ2v) is 7.68. The van der Waals surface area contributed by atoms with Crippen LogP contribution in [0.2, 0.25) is 10.0 Å². The van der Waals surface area contributed by atoms with Crippen LogP contribution >= 0.6 is 23.2 Å². The Morgan fingerprint density at radius 1 is 1.11 bits per heavy atom. The Bertz CT molecular complexity index is 1080. The third-order valence-electron chi connectivity index (χ3n) is 4.85. The molecule has 1 aliphatic heterocycles. The molecule has 1 aromatic heterocycles. The molecular formula is C20H18Cl2N4O2. The van der Waals surface area contributed by atoms with E-state index in [2.05, 4.69) is 10.1 Å². The zero-order valence-electron chi connectivity index (χ0n) is 14.9. The number of aromatic amines is 1. The fourth-order valence-electron chi connectivity index (χ4n) is 3.50. The number of likely N-dealkylation sites (tertiary alicyclic amines) is 1. The predicted molar refractivity (Wildman–Crippen MR) is 109 cm³/mol. The number of carbonyl (C=O) groups is 1. The first-order chi connectivity index (χ1) is 13.5. The smallest absolute Gasteiger partial charge is 0.338 e. The van der Waals surface area contributed by atoms with Crippen molar-refractivity contribution in [3.05, 3.63) is 80.4 Å². The van der Waals surface area contributed by atoms with Crippen molar-refractivity contribution in [1.29, 1.82) is 0 Å². The number of rotatable bonds is 3. The molecule has 1 aliphatic rings. The van der Waals surface area contributed by atoms with E-state index in [1.54, 1.807) is 53.4 Å². The van der Waals surface area contributed by atoms with Gasteiger partial charge in [-0.3, -0.25) is 9.78 Å². The number of H-pyrrole nitrogens is 1. The minimum Gasteiger partial charge on any atom is -0.338 e. The summed E-state index contributed by atoms with van der Waals surface area (Å²) < 4.78 is 1.30. The van der Waals surface area contributed by atoms with Crippen LogP contribution in [0.3, 0.4) is 0 Å². The quantitative estimate of drug-likeness (QED) is 0.703. The Morgan fingerprint density at radius 3 is 2.61 bits per heavy atom. The maximum Gasteiger partial charge on any atom is 0.348 e. The average Bonchev–Trinajstić information content (AvgIpc) is 3.09. The van der Waals surface area contributed by atoms with Crippen molar-refractivity contribution in [2.45, 2.75) is 18.8 Å². The summed E-state index contributed by atoms with van der Waals surface area (Å²) >= 11 is 12.0. The lowest BCUT2D eigenvalue weighted by Crippen LogP contribution is -2.39. The van der Waals surface area contributed by atoms with E-state index >= 15 is 0 Å². The number of halogens is 2. The van der Waals surface area contributed by atoms with Crippen LogP contribution < -0.4 is 5.69 Å². The van der Waals surface area contributed by atoms with E-state index in [-0.39, 0.29) is 17.5 Å². The van der Waals surface area contributed by atoms with Crippen molar-refractivity contribution >= 4 is 29.1 Å². The first-order valence-electron chi connectivity index (χ1n) is 9.01. The molecule has 3 aromatic rings. The Balaban J connectivity index is 1.56. The number of aromatic nitrogens is 3. The van der Waals surface area contributed by atoms with Crippen molar-refractivity contribution in [3.63, 3.8) is 0 Å². The summed E-state index contributed by atoms with van der Waals surface area (Å²) in [6.07, 6.45) is 1.69. The van der Waals surface area contributed by atoms with Gasteiger partial charge in [-0.05, 0) is 49.2 Å². The van der Waals surface area contributed by atoms with Gasteiger partial charge < -0.3 is 4.90 Å². The lowest BCUT2D eigenvalue weighted by molar-refractivity contribution is 0.0704. The molecule has 0 bridgehead atoms. The van der Waals surface area contributed by atoms with Gasteiger partial charge in [-0.25, -0.2) is 4.79 Å². The van der Waals surface area contributed by atoms with E-state index in [0.29, 0.717) is 40.2 Å². The molecule has 28 heavy (non-hydrogen) atoms. The summed E-state index contributed by atoms with van der Waals surface area (Å²) in [5, 5.41) is 5.52. The first-order valence-corrected chi connectivity index (χ1v) is 9.77. The molecule has 0 radical (unpaired) electrons. The number of hydrogen-bond acceptors (Lipinski definition) is 3. The number of amides is 1. The van der Waals surface area contributed by atoms with Crippen molar-refractivity contribution < 1.29 is 4.79 Å².